The number of unbranched alkanes of at least 4 members (excludes halogenated alkanes) is 23. The van der Waals surface area contributed by atoms with Crippen LogP contribution in [0.3, 0.4) is 0 Å². The molecule has 3 unspecified atom stereocenters. The Balaban J connectivity index is 4.83. The number of ether oxygens (including phenoxy) is 3. The van der Waals surface area contributed by atoms with Gasteiger partial charge in [0.25, 0.3) is 0 Å². The molecule has 2 N–H and O–H groups in total. The Morgan fingerprint density at radius 3 is 1.11 bits per heavy atom. The van der Waals surface area contributed by atoms with Crippen LogP contribution in [-0.2, 0) is 42.2 Å². The smallest absolute Gasteiger partial charge is 0.462 e. The molecular formula is C68H115O11P. The number of carbonyl (C=O) groups is 3. The lowest BCUT2D eigenvalue weighted by molar-refractivity contribution is -0.161. The Hall–Kier alpha value is -3.86. The highest BCUT2D eigenvalue weighted by Gasteiger charge is 2.28. The summed E-state index contributed by atoms with van der Waals surface area (Å²) in [5.74, 6) is -1.58. The Kier molecular flexibility index (Phi) is 58.3. The van der Waals surface area contributed by atoms with E-state index in [1.54, 1.807) is 0 Å². The van der Waals surface area contributed by atoms with Crippen LogP contribution >= 0.6 is 7.82 Å². The molecule has 0 aliphatic rings. The lowest BCUT2D eigenvalue weighted by Gasteiger charge is -2.21. The fraction of sp³-hybridized carbons (Fsp3) is 0.691. The maximum absolute atomic E-state index is 12.9. The highest BCUT2D eigenvalue weighted by Crippen LogP contribution is 2.43. The van der Waals surface area contributed by atoms with E-state index >= 15 is 0 Å². The van der Waals surface area contributed by atoms with E-state index < -0.39 is 57.8 Å². The fourth-order valence-electron chi connectivity index (χ4n) is 8.35. The summed E-state index contributed by atoms with van der Waals surface area (Å²) in [6.45, 7) is 4.42. The number of aliphatic hydroxyl groups excluding tert-OH is 1. The summed E-state index contributed by atoms with van der Waals surface area (Å²) in [6.07, 6.45) is 74.8. The van der Waals surface area contributed by atoms with Gasteiger partial charge in [-0.1, -0.05) is 239 Å². The van der Waals surface area contributed by atoms with Gasteiger partial charge in [0.15, 0.2) is 6.10 Å². The minimum Gasteiger partial charge on any atom is -0.462 e. The van der Waals surface area contributed by atoms with Gasteiger partial charge in [0.1, 0.15) is 12.7 Å². The van der Waals surface area contributed by atoms with Crippen molar-refractivity contribution in [2.45, 2.75) is 277 Å². The van der Waals surface area contributed by atoms with Crippen LogP contribution in [0.1, 0.15) is 265 Å². The molecule has 0 aromatic carbocycles. The van der Waals surface area contributed by atoms with Crippen LogP contribution in [0, 0.1) is 0 Å². The molecule has 12 heteroatoms. The maximum Gasteiger partial charge on any atom is 0.472 e. The lowest BCUT2D eigenvalue weighted by Crippen LogP contribution is -2.30. The Morgan fingerprint density at radius 1 is 0.362 bits per heavy atom. The van der Waals surface area contributed by atoms with Gasteiger partial charge in [-0.05, 0) is 116 Å². The van der Waals surface area contributed by atoms with Crippen molar-refractivity contribution in [1.82, 2.24) is 0 Å². The average molecular weight is 1140 g/mol. The van der Waals surface area contributed by atoms with Crippen molar-refractivity contribution in [3.63, 3.8) is 0 Å². The third-order valence-corrected chi connectivity index (χ3v) is 14.1. The Bertz CT molecular complexity index is 1760. The second-order valence-corrected chi connectivity index (χ2v) is 22.3. The summed E-state index contributed by atoms with van der Waals surface area (Å²) < 4.78 is 39.6. The summed E-state index contributed by atoms with van der Waals surface area (Å²) in [5, 5.41) is 9.84. The van der Waals surface area contributed by atoms with Gasteiger partial charge in [-0.3, -0.25) is 23.4 Å². The molecule has 0 aromatic rings. The minimum absolute atomic E-state index is 0.0369. The number of esters is 3. The first kappa shape index (κ1) is 76.1. The molecule has 80 heavy (non-hydrogen) atoms. The molecule has 3 atom stereocenters. The van der Waals surface area contributed by atoms with Crippen molar-refractivity contribution in [2.24, 2.45) is 0 Å². The molecule has 458 valence electrons. The third-order valence-electron chi connectivity index (χ3n) is 13.2. The van der Waals surface area contributed by atoms with Gasteiger partial charge in [0, 0.05) is 19.3 Å². The SMILES string of the molecule is CC/C=C\C/C=C\C/C=C\C/C=C\C/C=C\C/C=C\CCC(=O)OC(COC(=O)CCCCCCCCCCC/C=C\C/C=C\CCCCC)COP(=O)(O)OCC(CO)OC(=O)CCCCCCC/C=C\CCCCCCCC. The van der Waals surface area contributed by atoms with E-state index in [1.165, 1.54) is 96.3 Å². The molecule has 0 aromatic heterocycles. The van der Waals surface area contributed by atoms with Crippen LogP contribution in [-0.4, -0.2) is 66.5 Å². The Labute approximate surface area is 488 Å². The molecule has 0 saturated carbocycles. The summed E-state index contributed by atoms with van der Waals surface area (Å²) in [5.41, 5.74) is 0. The van der Waals surface area contributed by atoms with E-state index in [2.05, 4.69) is 118 Å². The largest absolute Gasteiger partial charge is 0.472 e. The predicted molar refractivity (Wildman–Crippen MR) is 334 cm³/mol. The van der Waals surface area contributed by atoms with Gasteiger partial charge in [-0.15, -0.1) is 0 Å². The molecule has 0 saturated heterocycles. The van der Waals surface area contributed by atoms with Gasteiger partial charge in [-0.2, -0.15) is 0 Å². The topological polar surface area (TPSA) is 155 Å². The first-order valence-electron chi connectivity index (χ1n) is 31.8. The van der Waals surface area contributed by atoms with Gasteiger partial charge in [0.2, 0.25) is 0 Å². The number of hydrogen-bond acceptors (Lipinski definition) is 10. The summed E-state index contributed by atoms with van der Waals surface area (Å²) in [7, 11) is -4.78. The normalized spacial score (nSPS) is 14.0. The molecule has 0 aliphatic heterocycles. The van der Waals surface area contributed by atoms with E-state index in [0.29, 0.717) is 25.7 Å². The van der Waals surface area contributed by atoms with Gasteiger partial charge in [-0.25, -0.2) is 4.57 Å². The highest BCUT2D eigenvalue weighted by molar-refractivity contribution is 7.47. The molecule has 0 bridgehead atoms. The first-order chi connectivity index (χ1) is 39.2. The zero-order valence-electron chi connectivity index (χ0n) is 50.8. The summed E-state index contributed by atoms with van der Waals surface area (Å²) >= 11 is 0. The molecule has 0 rings (SSSR count). The Morgan fingerprint density at radius 2 is 0.675 bits per heavy atom. The van der Waals surface area contributed by atoms with Crippen LogP contribution in [0.15, 0.2) is 109 Å². The highest BCUT2D eigenvalue weighted by atomic mass is 31.2. The molecule has 0 aliphatic carbocycles. The van der Waals surface area contributed by atoms with Crippen LogP contribution in [0.5, 0.6) is 0 Å². The number of phosphoric acid groups is 1. The van der Waals surface area contributed by atoms with Crippen molar-refractivity contribution >= 4 is 25.7 Å². The monoisotopic (exact) mass is 1140 g/mol. The predicted octanol–water partition coefficient (Wildman–Crippen LogP) is 19.4. The van der Waals surface area contributed by atoms with E-state index in [9.17, 15) is 28.9 Å². The van der Waals surface area contributed by atoms with Crippen molar-refractivity contribution < 1.29 is 52.2 Å². The minimum atomic E-state index is -4.78. The average Bonchev–Trinajstić information content (AvgIpc) is 3.45. The van der Waals surface area contributed by atoms with Crippen molar-refractivity contribution in [1.29, 1.82) is 0 Å². The number of rotatable bonds is 58. The number of carbonyl (C=O) groups excluding carboxylic acids is 3. The van der Waals surface area contributed by atoms with E-state index in [1.807, 2.05) is 12.2 Å². The first-order valence-corrected chi connectivity index (χ1v) is 33.3. The molecular weight excluding hydrogens is 1020 g/mol. The lowest BCUT2D eigenvalue weighted by atomic mass is 10.1. The van der Waals surface area contributed by atoms with Gasteiger partial charge < -0.3 is 24.2 Å². The molecule has 11 nitrogen and oxygen atoms in total. The van der Waals surface area contributed by atoms with Crippen LogP contribution in [0.2, 0.25) is 0 Å². The van der Waals surface area contributed by atoms with Gasteiger partial charge in [0.05, 0.1) is 19.8 Å². The zero-order chi connectivity index (χ0) is 58.3. The fourth-order valence-corrected chi connectivity index (χ4v) is 9.13. The standard InChI is InChI=1S/C68H115O11P/c1-4-7-10-13-16-19-22-25-28-30-32-34-37-39-42-45-48-51-54-57-66(70)75-61-65(79-68(72)59-56-53-50-47-44-41-38-35-33-31-29-26-23-20-17-14-11-8-5-2)63-77-80(73,74)76-62-64(60-69)78-67(71)58-55-52-49-46-43-40-36-27-24-21-18-15-12-9-6-3/h8,11,16-17,19-20,25-29,33,35-36,41,44,50,53,64-65,69H,4-7,9-10,12-15,18,21-24,30-32,34,37-40,42-43,45-49,51-52,54-63H2,1-3H3,(H,73,74)/b11-8-,19-16-,20-17-,28-25-,29-26-,35-33-,36-27-,44-41-,53-50-. The van der Waals surface area contributed by atoms with E-state index in [-0.39, 0.29) is 25.9 Å². The van der Waals surface area contributed by atoms with Crippen LogP contribution in [0.4, 0.5) is 0 Å². The van der Waals surface area contributed by atoms with Crippen LogP contribution in [0.25, 0.3) is 0 Å². The number of aliphatic hydroxyl groups is 1. The number of allylic oxidation sites excluding steroid dienone is 18. The second-order valence-electron chi connectivity index (χ2n) is 20.8. The molecule has 0 heterocycles. The second kappa shape index (κ2) is 61.2. The van der Waals surface area contributed by atoms with Crippen molar-refractivity contribution in [3.05, 3.63) is 109 Å². The van der Waals surface area contributed by atoms with E-state index in [0.717, 1.165) is 103 Å². The number of phosphoric ester groups is 1. The van der Waals surface area contributed by atoms with Gasteiger partial charge >= 0.3 is 25.7 Å². The number of hydrogen-bond donors (Lipinski definition) is 2. The quantitative estimate of drug-likeness (QED) is 0.0197. The molecule has 0 amide bonds. The molecule has 0 fully saturated rings. The molecule has 0 spiro atoms. The third kappa shape index (κ3) is 58.8. The maximum atomic E-state index is 12.9. The van der Waals surface area contributed by atoms with Crippen molar-refractivity contribution in [3.8, 4) is 0 Å². The van der Waals surface area contributed by atoms with Crippen LogP contribution < -0.4 is 0 Å². The van der Waals surface area contributed by atoms with E-state index in [4.69, 9.17) is 23.3 Å². The van der Waals surface area contributed by atoms with Crippen molar-refractivity contribution in [2.75, 3.05) is 26.4 Å². The zero-order valence-corrected chi connectivity index (χ0v) is 51.7. The summed E-state index contributed by atoms with van der Waals surface area (Å²) in [6, 6.07) is 0. The molecule has 0 radical (unpaired) electrons. The summed E-state index contributed by atoms with van der Waals surface area (Å²) in [4.78, 5) is 48.7.